The summed E-state index contributed by atoms with van der Waals surface area (Å²) < 4.78 is 11.1. The van der Waals surface area contributed by atoms with Gasteiger partial charge in [-0.05, 0) is 55.2 Å². The van der Waals surface area contributed by atoms with Crippen LogP contribution in [0.2, 0.25) is 0 Å². The van der Waals surface area contributed by atoms with Crippen LogP contribution in [0.15, 0.2) is 36.4 Å². The largest absolute Gasteiger partial charge is 0.496 e. The summed E-state index contributed by atoms with van der Waals surface area (Å²) in [5.74, 6) is 1.54. The monoisotopic (exact) mass is 418 g/mol. The van der Waals surface area contributed by atoms with E-state index in [4.69, 9.17) is 9.47 Å². The molecular formula is C23H30O5S. The van der Waals surface area contributed by atoms with Crippen LogP contribution in [0.3, 0.4) is 0 Å². The Morgan fingerprint density at radius 3 is 2.31 bits per heavy atom. The second-order valence-electron chi connectivity index (χ2n) is 7.51. The molecule has 3 rings (SSSR count). The molecule has 1 heterocycles. The fraction of sp³-hybridized carbons (Fsp3) is 0.478. The predicted octanol–water partition coefficient (Wildman–Crippen LogP) is 3.25. The molecule has 3 N–H and O–H groups in total. The van der Waals surface area contributed by atoms with Gasteiger partial charge >= 0.3 is 0 Å². The van der Waals surface area contributed by atoms with Crippen LogP contribution >= 0.6 is 11.8 Å². The number of aliphatic hydroxyl groups excluding tert-OH is 3. The minimum atomic E-state index is -1.18. The fourth-order valence-electron chi connectivity index (χ4n) is 3.73. The lowest BCUT2D eigenvalue weighted by Crippen LogP contribution is -2.49. The van der Waals surface area contributed by atoms with Crippen LogP contribution in [0.1, 0.15) is 41.4 Å². The zero-order valence-corrected chi connectivity index (χ0v) is 18.1. The van der Waals surface area contributed by atoms with Gasteiger partial charge in [-0.2, -0.15) is 0 Å². The first kappa shape index (κ1) is 22.0. The maximum absolute atomic E-state index is 10.6. The zero-order valence-electron chi connectivity index (χ0n) is 17.3. The van der Waals surface area contributed by atoms with Crippen LogP contribution in [0, 0.1) is 6.92 Å². The normalized spacial score (nSPS) is 26.9. The van der Waals surface area contributed by atoms with E-state index >= 15 is 0 Å². The van der Waals surface area contributed by atoms with E-state index in [2.05, 4.69) is 18.2 Å². The molecule has 1 fully saturated rings. The van der Waals surface area contributed by atoms with Gasteiger partial charge in [0.15, 0.2) is 0 Å². The lowest BCUT2D eigenvalue weighted by atomic mass is 9.92. The van der Waals surface area contributed by atoms with Crippen molar-refractivity contribution in [3.8, 4) is 11.5 Å². The van der Waals surface area contributed by atoms with Crippen molar-refractivity contribution in [1.82, 2.24) is 0 Å². The van der Waals surface area contributed by atoms with Gasteiger partial charge in [-0.1, -0.05) is 25.1 Å². The first-order valence-electron chi connectivity index (χ1n) is 9.94. The number of ether oxygens (including phenoxy) is 2. The lowest BCUT2D eigenvalue weighted by Gasteiger charge is -2.39. The van der Waals surface area contributed by atoms with E-state index in [1.165, 1.54) is 11.8 Å². The van der Waals surface area contributed by atoms with Gasteiger partial charge in [-0.3, -0.25) is 0 Å². The molecule has 1 saturated heterocycles. The molecule has 1 aliphatic rings. The number of benzene rings is 2. The number of thioether (sulfide) groups is 1. The summed E-state index contributed by atoms with van der Waals surface area (Å²) in [6, 6.07) is 12.1. The van der Waals surface area contributed by atoms with E-state index in [1.807, 2.05) is 39.0 Å². The average molecular weight is 419 g/mol. The Morgan fingerprint density at radius 2 is 1.69 bits per heavy atom. The Bertz CT molecular complexity index is 823. The highest BCUT2D eigenvalue weighted by Gasteiger charge is 2.43. The average Bonchev–Trinajstić information content (AvgIpc) is 2.72. The number of aliphatic hydroxyl groups is 3. The summed E-state index contributed by atoms with van der Waals surface area (Å²) >= 11 is 1.46. The molecule has 6 heteroatoms. The standard InChI is InChI=1S/C23H30O5S/c1-5-28-17-8-6-15(7-9-17)11-16-12-18(19(27-4)10-13(16)2)23-22(26)21(25)20(24)14(3)29-23/h6-10,12,14,20-26H,5,11H2,1-4H3/t14-,20-,21+,22-,23+/m1/s1. The van der Waals surface area contributed by atoms with Crippen molar-refractivity contribution in [3.63, 3.8) is 0 Å². The van der Waals surface area contributed by atoms with Crippen LogP contribution in [-0.4, -0.2) is 52.6 Å². The molecule has 0 saturated carbocycles. The molecule has 2 aromatic carbocycles. The van der Waals surface area contributed by atoms with E-state index < -0.39 is 18.3 Å². The number of rotatable bonds is 6. The molecule has 2 aromatic rings. The van der Waals surface area contributed by atoms with Crippen LogP contribution < -0.4 is 9.47 Å². The fourth-order valence-corrected chi connectivity index (χ4v) is 5.17. The molecule has 0 aliphatic carbocycles. The summed E-state index contributed by atoms with van der Waals surface area (Å²) in [7, 11) is 1.61. The first-order valence-corrected chi connectivity index (χ1v) is 10.9. The smallest absolute Gasteiger partial charge is 0.123 e. The molecule has 158 valence electrons. The van der Waals surface area contributed by atoms with E-state index in [0.29, 0.717) is 12.4 Å². The second kappa shape index (κ2) is 9.39. The quantitative estimate of drug-likeness (QED) is 0.668. The Morgan fingerprint density at radius 1 is 1.00 bits per heavy atom. The summed E-state index contributed by atoms with van der Waals surface area (Å²) in [5, 5.41) is 30.4. The van der Waals surface area contributed by atoms with Gasteiger partial charge in [0.05, 0.1) is 31.2 Å². The van der Waals surface area contributed by atoms with Crippen LogP contribution in [0.25, 0.3) is 0 Å². The highest BCUT2D eigenvalue weighted by atomic mass is 32.2. The Hall–Kier alpha value is -1.73. The van der Waals surface area contributed by atoms with Crippen molar-refractivity contribution in [2.24, 2.45) is 0 Å². The molecule has 0 bridgehead atoms. The summed E-state index contributed by atoms with van der Waals surface area (Å²) in [4.78, 5) is 0. The highest BCUT2D eigenvalue weighted by Crippen LogP contribution is 2.46. The van der Waals surface area contributed by atoms with E-state index in [0.717, 1.165) is 34.4 Å². The molecule has 0 amide bonds. The minimum Gasteiger partial charge on any atom is -0.496 e. The van der Waals surface area contributed by atoms with Gasteiger partial charge in [0, 0.05) is 10.8 Å². The maximum Gasteiger partial charge on any atom is 0.123 e. The van der Waals surface area contributed by atoms with Crippen molar-refractivity contribution in [1.29, 1.82) is 0 Å². The summed E-state index contributed by atoms with van der Waals surface area (Å²) in [6.07, 6.45) is -2.47. The SMILES string of the molecule is CCOc1ccc(Cc2cc([C@@H]3S[C@H](C)[C@@H](O)[C@H](O)[C@H]3O)c(OC)cc2C)cc1. The Labute approximate surface area is 176 Å². The molecule has 0 spiro atoms. The lowest BCUT2D eigenvalue weighted by molar-refractivity contribution is -0.0645. The van der Waals surface area contributed by atoms with Gasteiger partial charge in [-0.15, -0.1) is 11.8 Å². The van der Waals surface area contributed by atoms with Crippen molar-refractivity contribution >= 4 is 11.8 Å². The van der Waals surface area contributed by atoms with Gasteiger partial charge in [0.25, 0.3) is 0 Å². The third kappa shape index (κ3) is 4.72. The topological polar surface area (TPSA) is 79.2 Å². The molecular weight excluding hydrogens is 388 g/mol. The number of methoxy groups -OCH3 is 1. The van der Waals surface area contributed by atoms with Crippen LogP contribution in [0.4, 0.5) is 0 Å². The zero-order chi connectivity index (χ0) is 21.1. The van der Waals surface area contributed by atoms with Crippen LogP contribution in [-0.2, 0) is 6.42 Å². The van der Waals surface area contributed by atoms with Crippen LogP contribution in [0.5, 0.6) is 11.5 Å². The van der Waals surface area contributed by atoms with Gasteiger partial charge in [0.1, 0.15) is 17.6 Å². The van der Waals surface area contributed by atoms with Crippen molar-refractivity contribution in [2.75, 3.05) is 13.7 Å². The van der Waals surface area contributed by atoms with E-state index in [-0.39, 0.29) is 10.5 Å². The predicted molar refractivity (Wildman–Crippen MR) is 116 cm³/mol. The molecule has 29 heavy (non-hydrogen) atoms. The Balaban J connectivity index is 1.92. The summed E-state index contributed by atoms with van der Waals surface area (Å²) in [5.41, 5.74) is 4.23. The van der Waals surface area contributed by atoms with Gasteiger partial charge < -0.3 is 24.8 Å². The van der Waals surface area contributed by atoms with Gasteiger partial charge in [0.2, 0.25) is 0 Å². The third-order valence-electron chi connectivity index (χ3n) is 5.48. The van der Waals surface area contributed by atoms with Crippen molar-refractivity contribution in [2.45, 2.75) is 56.0 Å². The number of aryl methyl sites for hydroxylation is 1. The van der Waals surface area contributed by atoms with Gasteiger partial charge in [-0.25, -0.2) is 0 Å². The maximum atomic E-state index is 10.6. The minimum absolute atomic E-state index is 0.195. The van der Waals surface area contributed by atoms with E-state index in [1.54, 1.807) is 7.11 Å². The molecule has 5 nitrogen and oxygen atoms in total. The molecule has 0 radical (unpaired) electrons. The molecule has 0 unspecified atom stereocenters. The molecule has 5 atom stereocenters. The molecule has 1 aliphatic heterocycles. The summed E-state index contributed by atoms with van der Waals surface area (Å²) in [6.45, 7) is 6.51. The first-order chi connectivity index (χ1) is 13.8. The highest BCUT2D eigenvalue weighted by molar-refractivity contribution is 8.00. The van der Waals surface area contributed by atoms with Crippen molar-refractivity contribution < 1.29 is 24.8 Å². The van der Waals surface area contributed by atoms with Crippen molar-refractivity contribution in [3.05, 3.63) is 58.7 Å². The Kier molecular flexibility index (Phi) is 7.11. The molecule has 0 aromatic heterocycles. The number of hydrogen-bond acceptors (Lipinski definition) is 6. The number of hydrogen-bond donors (Lipinski definition) is 3. The second-order valence-corrected chi connectivity index (χ2v) is 9.03. The van der Waals surface area contributed by atoms with E-state index in [9.17, 15) is 15.3 Å². The third-order valence-corrected chi connectivity index (χ3v) is 7.01.